The first-order valence-corrected chi connectivity index (χ1v) is 11.5. The summed E-state index contributed by atoms with van der Waals surface area (Å²) in [6.45, 7) is 0.237. The van der Waals surface area contributed by atoms with Gasteiger partial charge in [-0.05, 0) is 40.7 Å². The Morgan fingerprint density at radius 2 is 1.71 bits per heavy atom. The lowest BCUT2D eigenvalue weighted by Gasteiger charge is -2.13. The fourth-order valence-electron chi connectivity index (χ4n) is 5.58. The number of benzene rings is 3. The number of nitrogens with zero attached hydrogens (tertiary/aromatic N) is 3. The number of nitro benzene ring substituents is 1. The highest BCUT2D eigenvalue weighted by atomic mass is 16.6. The maximum atomic E-state index is 12.9. The van der Waals surface area contributed by atoms with Gasteiger partial charge in [0.1, 0.15) is 12.4 Å². The van der Waals surface area contributed by atoms with Crippen LogP contribution in [0.4, 0.5) is 5.69 Å². The van der Waals surface area contributed by atoms with Crippen molar-refractivity contribution in [1.82, 2.24) is 5.01 Å². The number of fused-ring (bicyclic) bond motifs is 6. The van der Waals surface area contributed by atoms with Crippen LogP contribution in [0.15, 0.2) is 77.9 Å². The van der Waals surface area contributed by atoms with Gasteiger partial charge < -0.3 is 4.74 Å². The Morgan fingerprint density at radius 3 is 2.46 bits per heavy atom. The van der Waals surface area contributed by atoms with Gasteiger partial charge in [-0.15, -0.1) is 0 Å². The van der Waals surface area contributed by atoms with Crippen LogP contribution in [0.3, 0.4) is 0 Å². The van der Waals surface area contributed by atoms with Gasteiger partial charge in [-0.3, -0.25) is 19.7 Å². The highest BCUT2D eigenvalue weighted by molar-refractivity contribution is 6.07. The topological polar surface area (TPSA) is 102 Å². The summed E-state index contributed by atoms with van der Waals surface area (Å²) in [5.41, 5.74) is 1.14. The van der Waals surface area contributed by atoms with Crippen molar-refractivity contribution in [1.29, 1.82) is 0 Å². The molecule has 1 saturated heterocycles. The Bertz CT molecular complexity index is 1410. The molecule has 2 aliphatic carbocycles. The first-order chi connectivity index (χ1) is 17.0. The Morgan fingerprint density at radius 1 is 1.00 bits per heavy atom. The van der Waals surface area contributed by atoms with Gasteiger partial charge in [0.25, 0.3) is 17.5 Å². The molecule has 35 heavy (non-hydrogen) atoms. The van der Waals surface area contributed by atoms with Crippen molar-refractivity contribution in [3.05, 3.63) is 94.1 Å². The number of non-ortho nitro benzene ring substituents is 1. The lowest BCUT2D eigenvalue weighted by Crippen LogP contribution is -2.28. The van der Waals surface area contributed by atoms with Crippen LogP contribution in [0.2, 0.25) is 0 Å². The maximum Gasteiger partial charge on any atom is 0.270 e. The molecule has 6 rings (SSSR count). The number of carbonyl (C=O) groups excluding carboxylic acids is 2. The lowest BCUT2D eigenvalue weighted by atomic mass is 9.85. The molecule has 2 fully saturated rings. The fourth-order valence-corrected chi connectivity index (χ4v) is 5.58. The molecule has 8 heteroatoms. The van der Waals surface area contributed by atoms with Crippen molar-refractivity contribution in [3.8, 4) is 5.75 Å². The molecule has 1 heterocycles. The number of imide groups is 1. The van der Waals surface area contributed by atoms with Crippen molar-refractivity contribution in [3.63, 3.8) is 0 Å². The maximum absolute atomic E-state index is 12.9. The summed E-state index contributed by atoms with van der Waals surface area (Å²) in [6.07, 6.45) is 6.17. The highest BCUT2D eigenvalue weighted by Gasteiger charge is 2.59. The first kappa shape index (κ1) is 21.2. The molecule has 0 N–H and O–H groups in total. The quantitative estimate of drug-likeness (QED) is 0.175. The summed E-state index contributed by atoms with van der Waals surface area (Å²) in [7, 11) is 0. The Hall–Kier alpha value is -4.33. The van der Waals surface area contributed by atoms with Crippen LogP contribution in [0.1, 0.15) is 17.5 Å². The van der Waals surface area contributed by atoms with Gasteiger partial charge in [0.2, 0.25) is 0 Å². The molecule has 2 bridgehead atoms. The number of nitro groups is 1. The van der Waals surface area contributed by atoms with E-state index in [9.17, 15) is 19.7 Å². The second-order valence-corrected chi connectivity index (χ2v) is 9.14. The van der Waals surface area contributed by atoms with Gasteiger partial charge in [-0.1, -0.05) is 54.6 Å². The molecular weight excluding hydrogens is 446 g/mol. The number of rotatable bonds is 6. The molecular formula is C27H21N3O5. The third-order valence-electron chi connectivity index (χ3n) is 7.23. The van der Waals surface area contributed by atoms with Crippen LogP contribution in [0.25, 0.3) is 10.8 Å². The van der Waals surface area contributed by atoms with Crippen molar-refractivity contribution in [2.75, 3.05) is 0 Å². The summed E-state index contributed by atoms with van der Waals surface area (Å²) >= 11 is 0. The third-order valence-corrected chi connectivity index (χ3v) is 7.23. The molecule has 1 saturated carbocycles. The van der Waals surface area contributed by atoms with E-state index < -0.39 is 4.92 Å². The van der Waals surface area contributed by atoms with Crippen molar-refractivity contribution < 1.29 is 19.2 Å². The summed E-state index contributed by atoms with van der Waals surface area (Å²) in [6, 6.07) is 18.1. The predicted molar refractivity (Wildman–Crippen MR) is 129 cm³/mol. The number of ether oxygens (including phenoxy) is 1. The summed E-state index contributed by atoms with van der Waals surface area (Å²) in [5.74, 6) is -0.802. The van der Waals surface area contributed by atoms with E-state index in [2.05, 4.69) is 5.10 Å². The Kier molecular flexibility index (Phi) is 4.95. The van der Waals surface area contributed by atoms with E-state index in [1.165, 1.54) is 24.4 Å². The third kappa shape index (κ3) is 3.49. The van der Waals surface area contributed by atoms with Crippen molar-refractivity contribution >= 4 is 34.5 Å². The van der Waals surface area contributed by atoms with E-state index in [1.54, 1.807) is 0 Å². The number of allylic oxidation sites excluding steroid dienone is 2. The number of hydrogen-bond acceptors (Lipinski definition) is 6. The normalized spacial score (nSPS) is 24.6. The average molecular weight is 467 g/mol. The van der Waals surface area contributed by atoms with Crippen LogP contribution in [0.5, 0.6) is 5.75 Å². The number of hydrogen-bond donors (Lipinski definition) is 0. The largest absolute Gasteiger partial charge is 0.488 e. The molecule has 174 valence electrons. The smallest absolute Gasteiger partial charge is 0.270 e. The molecule has 4 unspecified atom stereocenters. The van der Waals surface area contributed by atoms with E-state index in [-0.39, 0.29) is 47.8 Å². The van der Waals surface area contributed by atoms with E-state index in [0.717, 1.165) is 27.8 Å². The summed E-state index contributed by atoms with van der Waals surface area (Å²) < 4.78 is 6.04. The SMILES string of the molecule is O=C1C2C3C=CC(C3)C2C(=O)N1N=Cc1cc([N+](=O)[O-])ccc1OCc1cccc2ccccc12. The molecule has 1 aliphatic heterocycles. The zero-order valence-corrected chi connectivity index (χ0v) is 18.6. The van der Waals surface area contributed by atoms with Gasteiger partial charge in [0.05, 0.1) is 23.0 Å². The van der Waals surface area contributed by atoms with Crippen LogP contribution >= 0.6 is 0 Å². The van der Waals surface area contributed by atoms with Gasteiger partial charge in [0, 0.05) is 17.7 Å². The van der Waals surface area contributed by atoms with E-state index in [0.29, 0.717) is 11.3 Å². The fraction of sp³-hybridized carbons (Fsp3) is 0.222. The first-order valence-electron chi connectivity index (χ1n) is 11.5. The second-order valence-electron chi connectivity index (χ2n) is 9.14. The standard InChI is InChI=1S/C27H21N3O5/c31-26-24-17-8-9-18(12-17)25(24)27(32)29(26)28-14-20-13-21(30(33)34)10-11-23(20)35-15-19-6-3-5-16-4-1-2-7-22(16)19/h1-11,13-14,17-18,24-25H,12,15H2. The van der Waals surface area contributed by atoms with Gasteiger partial charge in [-0.2, -0.15) is 10.1 Å². The molecule has 0 spiro atoms. The van der Waals surface area contributed by atoms with Crippen LogP contribution in [-0.2, 0) is 16.2 Å². The predicted octanol–water partition coefficient (Wildman–Crippen LogP) is 4.47. The van der Waals surface area contributed by atoms with Gasteiger partial charge >= 0.3 is 0 Å². The van der Waals surface area contributed by atoms with Crippen LogP contribution < -0.4 is 4.74 Å². The number of hydrazone groups is 1. The highest BCUT2D eigenvalue weighted by Crippen LogP contribution is 2.52. The number of amides is 2. The number of carbonyl (C=O) groups is 2. The van der Waals surface area contributed by atoms with E-state index in [4.69, 9.17) is 4.74 Å². The Labute approximate surface area is 200 Å². The van der Waals surface area contributed by atoms with Crippen LogP contribution in [-0.4, -0.2) is 28.0 Å². The molecule has 4 atom stereocenters. The second kappa shape index (κ2) is 8.16. The average Bonchev–Trinajstić information content (AvgIpc) is 3.55. The minimum absolute atomic E-state index is 0.0825. The van der Waals surface area contributed by atoms with Gasteiger partial charge in [-0.25, -0.2) is 0 Å². The molecule has 0 aromatic heterocycles. The minimum Gasteiger partial charge on any atom is -0.488 e. The Balaban J connectivity index is 1.28. The van der Waals surface area contributed by atoms with Crippen LogP contribution in [0, 0.1) is 33.8 Å². The minimum atomic E-state index is -0.508. The zero-order valence-electron chi connectivity index (χ0n) is 18.6. The molecule has 2 amide bonds. The van der Waals surface area contributed by atoms with Crippen molar-refractivity contribution in [2.45, 2.75) is 13.0 Å². The monoisotopic (exact) mass is 467 g/mol. The molecule has 3 aromatic rings. The lowest BCUT2D eigenvalue weighted by molar-refractivity contribution is -0.384. The van der Waals surface area contributed by atoms with Crippen molar-refractivity contribution in [2.24, 2.45) is 28.8 Å². The van der Waals surface area contributed by atoms with E-state index >= 15 is 0 Å². The van der Waals surface area contributed by atoms with E-state index in [1.807, 2.05) is 54.6 Å². The summed E-state index contributed by atoms with van der Waals surface area (Å²) in [5, 5.41) is 18.6. The van der Waals surface area contributed by atoms with Gasteiger partial charge in [0.15, 0.2) is 0 Å². The molecule has 8 nitrogen and oxygen atoms in total. The zero-order chi connectivity index (χ0) is 24.1. The molecule has 3 aliphatic rings. The molecule has 3 aromatic carbocycles. The summed E-state index contributed by atoms with van der Waals surface area (Å²) in [4.78, 5) is 36.7. The molecule has 0 radical (unpaired) electrons.